The van der Waals surface area contributed by atoms with E-state index >= 15 is 0 Å². The molecule has 1 fully saturated rings. The fraction of sp³-hybridized carbons (Fsp3) is 0.412. The number of anilines is 2. The van der Waals surface area contributed by atoms with E-state index in [0.717, 1.165) is 25.0 Å². The minimum Gasteiger partial charge on any atom is -0.493 e. The number of rotatable bonds is 5. The highest BCUT2D eigenvalue weighted by atomic mass is 19.1. The molecule has 1 unspecified atom stereocenters. The molecule has 7 nitrogen and oxygen atoms in total. The van der Waals surface area contributed by atoms with Crippen molar-refractivity contribution in [1.82, 2.24) is 20.3 Å². The van der Waals surface area contributed by atoms with E-state index in [9.17, 15) is 13.6 Å². The number of nitrogens with one attached hydrogen (secondary N) is 2. The van der Waals surface area contributed by atoms with Gasteiger partial charge in [-0.3, -0.25) is 4.79 Å². The van der Waals surface area contributed by atoms with Crippen molar-refractivity contribution in [2.45, 2.75) is 32.7 Å². The van der Waals surface area contributed by atoms with E-state index in [4.69, 9.17) is 4.74 Å². The van der Waals surface area contributed by atoms with Crippen LogP contribution < -0.4 is 15.4 Å². The average molecular weight is 363 g/mol. The summed E-state index contributed by atoms with van der Waals surface area (Å²) >= 11 is 0. The van der Waals surface area contributed by atoms with Crippen molar-refractivity contribution in [3.63, 3.8) is 0 Å². The highest BCUT2D eigenvalue weighted by Crippen LogP contribution is 2.40. The Kier molecular flexibility index (Phi) is 4.71. The largest absolute Gasteiger partial charge is 0.493 e. The molecule has 9 heteroatoms. The van der Waals surface area contributed by atoms with Crippen molar-refractivity contribution in [2.75, 3.05) is 12.4 Å². The summed E-state index contributed by atoms with van der Waals surface area (Å²) in [5.74, 6) is -2.14. The number of aromatic nitrogens is 3. The summed E-state index contributed by atoms with van der Waals surface area (Å²) in [5, 5.41) is 5.59. The lowest BCUT2D eigenvalue weighted by atomic mass is 9.67. The zero-order chi connectivity index (χ0) is 18.9. The Hall–Kier alpha value is -2.84. The van der Waals surface area contributed by atoms with Gasteiger partial charge in [0, 0.05) is 23.9 Å². The number of amides is 1. The average Bonchev–Trinajstić information content (AvgIpc) is 2.57. The predicted molar refractivity (Wildman–Crippen MR) is 90.3 cm³/mol. The number of pyridine rings is 1. The molecule has 138 valence electrons. The monoisotopic (exact) mass is 363 g/mol. The van der Waals surface area contributed by atoms with E-state index in [1.807, 2.05) is 0 Å². The Morgan fingerprint density at radius 1 is 1.27 bits per heavy atom. The lowest BCUT2D eigenvalue weighted by molar-refractivity contribution is 0.0725. The van der Waals surface area contributed by atoms with Crippen LogP contribution in [0.25, 0.3) is 0 Å². The van der Waals surface area contributed by atoms with Gasteiger partial charge in [-0.05, 0) is 18.3 Å². The van der Waals surface area contributed by atoms with Gasteiger partial charge >= 0.3 is 0 Å². The maximum atomic E-state index is 13.2. The Morgan fingerprint density at radius 2 is 1.96 bits per heavy atom. The second-order valence-electron chi connectivity index (χ2n) is 6.79. The van der Waals surface area contributed by atoms with Gasteiger partial charge in [0.2, 0.25) is 17.8 Å². The number of halogens is 2. The van der Waals surface area contributed by atoms with Crippen molar-refractivity contribution in [2.24, 2.45) is 5.41 Å². The van der Waals surface area contributed by atoms with Crippen LogP contribution in [-0.4, -0.2) is 34.0 Å². The Balaban J connectivity index is 1.83. The van der Waals surface area contributed by atoms with Crippen molar-refractivity contribution < 1.29 is 18.3 Å². The minimum atomic E-state index is -0.980. The number of ether oxygens (including phenoxy) is 1. The standard InChI is InChI=1S/C17H19F2N5O2/c1-17(2)5-4-11(17)22-15(25)14-10(26-3)8-20-16(24-14)21-9-6-12(18)23-13(19)7-9/h6-8,11H,4-5H2,1-3H3,(H,22,25)(H,20,21,23,24). The second-order valence-corrected chi connectivity index (χ2v) is 6.79. The van der Waals surface area contributed by atoms with Crippen LogP contribution in [-0.2, 0) is 0 Å². The lowest BCUT2D eigenvalue weighted by Crippen LogP contribution is -2.52. The highest BCUT2D eigenvalue weighted by Gasteiger charge is 2.39. The van der Waals surface area contributed by atoms with Crippen molar-refractivity contribution >= 4 is 17.5 Å². The first-order chi connectivity index (χ1) is 12.3. The quantitative estimate of drug-likeness (QED) is 0.794. The molecule has 0 aromatic carbocycles. The van der Waals surface area contributed by atoms with Gasteiger partial charge in [-0.15, -0.1) is 0 Å². The zero-order valence-corrected chi connectivity index (χ0v) is 14.6. The van der Waals surface area contributed by atoms with E-state index in [2.05, 4.69) is 39.4 Å². The van der Waals surface area contributed by atoms with Gasteiger partial charge in [0.15, 0.2) is 11.4 Å². The first-order valence-corrected chi connectivity index (χ1v) is 8.10. The molecule has 0 spiro atoms. The third-order valence-electron chi connectivity index (χ3n) is 4.54. The number of methoxy groups -OCH3 is 1. The molecule has 1 amide bonds. The number of hydrogen-bond acceptors (Lipinski definition) is 6. The Bertz CT molecular complexity index is 824. The first kappa shape index (κ1) is 18.0. The van der Waals surface area contributed by atoms with E-state index in [-0.39, 0.29) is 34.5 Å². The van der Waals surface area contributed by atoms with E-state index < -0.39 is 17.8 Å². The summed E-state index contributed by atoms with van der Waals surface area (Å²) in [5.41, 5.74) is 0.151. The molecule has 2 N–H and O–H groups in total. The van der Waals surface area contributed by atoms with Gasteiger partial charge in [0.25, 0.3) is 5.91 Å². The van der Waals surface area contributed by atoms with Crippen LogP contribution in [0.4, 0.5) is 20.4 Å². The van der Waals surface area contributed by atoms with E-state index in [1.54, 1.807) is 0 Å². The molecule has 3 rings (SSSR count). The van der Waals surface area contributed by atoms with Gasteiger partial charge in [0.1, 0.15) is 0 Å². The van der Waals surface area contributed by atoms with Crippen LogP contribution in [0.15, 0.2) is 18.3 Å². The third kappa shape index (κ3) is 3.71. The Morgan fingerprint density at radius 3 is 2.50 bits per heavy atom. The summed E-state index contributed by atoms with van der Waals surface area (Å²) in [7, 11) is 1.41. The van der Waals surface area contributed by atoms with Gasteiger partial charge < -0.3 is 15.4 Å². The molecule has 0 aliphatic heterocycles. The lowest BCUT2D eigenvalue weighted by Gasteiger charge is -2.44. The number of carbonyl (C=O) groups is 1. The smallest absolute Gasteiger partial charge is 0.274 e. The van der Waals surface area contributed by atoms with Crippen molar-refractivity contribution in [3.8, 4) is 5.75 Å². The number of nitrogens with zero attached hydrogens (tertiary/aromatic N) is 3. The van der Waals surface area contributed by atoms with Gasteiger partial charge in [-0.2, -0.15) is 13.8 Å². The van der Waals surface area contributed by atoms with E-state index in [1.165, 1.54) is 13.3 Å². The SMILES string of the molecule is COc1cnc(Nc2cc(F)nc(F)c2)nc1C(=O)NC1CCC1(C)C. The van der Waals surface area contributed by atoms with Gasteiger partial charge in [-0.25, -0.2) is 9.97 Å². The van der Waals surface area contributed by atoms with Gasteiger partial charge in [0.05, 0.1) is 13.3 Å². The maximum absolute atomic E-state index is 13.2. The third-order valence-corrected chi connectivity index (χ3v) is 4.54. The molecule has 0 saturated heterocycles. The molecule has 2 aromatic heterocycles. The maximum Gasteiger partial charge on any atom is 0.274 e. The van der Waals surface area contributed by atoms with Crippen LogP contribution in [0.1, 0.15) is 37.2 Å². The molecular formula is C17H19F2N5O2. The molecule has 1 saturated carbocycles. The number of carbonyl (C=O) groups excluding carboxylic acids is 1. The summed E-state index contributed by atoms with van der Waals surface area (Å²) in [6.07, 6.45) is 3.25. The second kappa shape index (κ2) is 6.81. The molecule has 26 heavy (non-hydrogen) atoms. The minimum absolute atomic E-state index is 0.00817. The summed E-state index contributed by atoms with van der Waals surface area (Å²) < 4.78 is 31.6. The van der Waals surface area contributed by atoms with Crippen molar-refractivity contribution in [3.05, 3.63) is 35.9 Å². The summed E-state index contributed by atoms with van der Waals surface area (Å²) in [6, 6.07) is 2.04. The molecular weight excluding hydrogens is 344 g/mol. The zero-order valence-electron chi connectivity index (χ0n) is 14.6. The predicted octanol–water partition coefficient (Wildman–Crippen LogP) is 2.82. The van der Waals surface area contributed by atoms with Crippen molar-refractivity contribution in [1.29, 1.82) is 0 Å². The molecule has 2 aromatic rings. The molecule has 1 aliphatic rings. The number of hydrogen-bond donors (Lipinski definition) is 2. The van der Waals surface area contributed by atoms with Crippen LogP contribution in [0.3, 0.4) is 0 Å². The van der Waals surface area contributed by atoms with Gasteiger partial charge in [-0.1, -0.05) is 13.8 Å². The van der Waals surface area contributed by atoms with E-state index in [0.29, 0.717) is 0 Å². The fourth-order valence-electron chi connectivity index (χ4n) is 2.77. The highest BCUT2D eigenvalue weighted by molar-refractivity contribution is 5.95. The topological polar surface area (TPSA) is 89.0 Å². The Labute approximate surface area is 149 Å². The molecule has 0 bridgehead atoms. The van der Waals surface area contributed by atoms with Crippen LogP contribution in [0.2, 0.25) is 0 Å². The van der Waals surface area contributed by atoms with Crippen LogP contribution in [0.5, 0.6) is 5.75 Å². The first-order valence-electron chi connectivity index (χ1n) is 8.10. The van der Waals surface area contributed by atoms with Crippen LogP contribution in [0, 0.1) is 17.3 Å². The fourth-order valence-corrected chi connectivity index (χ4v) is 2.77. The molecule has 0 radical (unpaired) electrons. The normalized spacial score (nSPS) is 18.0. The van der Waals surface area contributed by atoms with Crippen LogP contribution >= 0.6 is 0 Å². The molecule has 1 atom stereocenters. The summed E-state index contributed by atoms with van der Waals surface area (Å²) in [6.45, 7) is 4.16. The molecule has 1 aliphatic carbocycles. The summed E-state index contributed by atoms with van der Waals surface area (Å²) in [4.78, 5) is 23.7. The molecule has 2 heterocycles.